The number of methoxy groups -OCH3 is 1. The van der Waals surface area contributed by atoms with E-state index in [0.717, 1.165) is 13.0 Å². The van der Waals surface area contributed by atoms with E-state index in [1.807, 2.05) is 4.90 Å². The second-order valence-electron chi connectivity index (χ2n) is 4.20. The Morgan fingerprint density at radius 2 is 2.29 bits per heavy atom. The zero-order valence-electron chi connectivity index (χ0n) is 9.06. The molecule has 0 radical (unpaired) electrons. The summed E-state index contributed by atoms with van der Waals surface area (Å²) in [6.07, 6.45) is 1.08. The molecule has 1 heterocycles. The Labute approximate surface area is 84.8 Å². The minimum absolute atomic E-state index is 0.270. The van der Waals surface area contributed by atoms with E-state index in [1.165, 1.54) is 0 Å². The second kappa shape index (κ2) is 4.75. The number of rotatable bonds is 4. The molecule has 0 spiro atoms. The first-order valence-electron chi connectivity index (χ1n) is 5.03. The number of ether oxygens (including phenoxy) is 1. The van der Waals surface area contributed by atoms with E-state index in [1.54, 1.807) is 7.11 Å². The van der Waals surface area contributed by atoms with Crippen LogP contribution < -0.4 is 0 Å². The standard InChI is InChI=1S/C10H19NO3/c1-7-4-8(2)11(5-7)9(6-14-3)10(12)13/h7-9H,4-6H2,1-3H3,(H,12,13). The number of carboxylic acid groups (broad SMARTS) is 1. The van der Waals surface area contributed by atoms with Crippen LogP contribution in [-0.4, -0.2) is 48.3 Å². The van der Waals surface area contributed by atoms with Gasteiger partial charge < -0.3 is 9.84 Å². The van der Waals surface area contributed by atoms with Gasteiger partial charge in [-0.1, -0.05) is 6.92 Å². The van der Waals surface area contributed by atoms with Crippen LogP contribution in [0.2, 0.25) is 0 Å². The van der Waals surface area contributed by atoms with E-state index in [4.69, 9.17) is 9.84 Å². The molecule has 4 nitrogen and oxygen atoms in total. The van der Waals surface area contributed by atoms with Crippen molar-refractivity contribution >= 4 is 5.97 Å². The summed E-state index contributed by atoms with van der Waals surface area (Å²) in [4.78, 5) is 13.0. The smallest absolute Gasteiger partial charge is 0.323 e. The molecule has 82 valence electrons. The maximum absolute atomic E-state index is 11.0. The van der Waals surface area contributed by atoms with Crippen molar-refractivity contribution in [2.24, 2.45) is 5.92 Å². The van der Waals surface area contributed by atoms with E-state index in [0.29, 0.717) is 12.0 Å². The maximum Gasteiger partial charge on any atom is 0.323 e. The SMILES string of the molecule is COCC(C(=O)O)N1CC(C)CC1C. The first kappa shape index (κ1) is 11.5. The van der Waals surface area contributed by atoms with Gasteiger partial charge in [-0.15, -0.1) is 0 Å². The monoisotopic (exact) mass is 201 g/mol. The quantitative estimate of drug-likeness (QED) is 0.731. The molecule has 1 rings (SSSR count). The van der Waals surface area contributed by atoms with E-state index in [-0.39, 0.29) is 6.61 Å². The number of aliphatic carboxylic acids is 1. The number of hydrogen-bond donors (Lipinski definition) is 1. The Hall–Kier alpha value is -0.610. The van der Waals surface area contributed by atoms with E-state index in [9.17, 15) is 4.79 Å². The Morgan fingerprint density at radius 1 is 1.64 bits per heavy atom. The van der Waals surface area contributed by atoms with Crippen LogP contribution in [0.1, 0.15) is 20.3 Å². The summed E-state index contributed by atoms with van der Waals surface area (Å²) in [5.41, 5.74) is 0. The molecular formula is C10H19NO3. The van der Waals surface area contributed by atoms with Crippen LogP contribution in [0.5, 0.6) is 0 Å². The van der Waals surface area contributed by atoms with Gasteiger partial charge in [0.1, 0.15) is 6.04 Å². The van der Waals surface area contributed by atoms with Gasteiger partial charge in [0.25, 0.3) is 0 Å². The van der Waals surface area contributed by atoms with Gasteiger partial charge in [-0.2, -0.15) is 0 Å². The molecule has 0 amide bonds. The molecule has 1 fully saturated rings. The fourth-order valence-corrected chi connectivity index (χ4v) is 2.23. The Bertz CT molecular complexity index is 208. The zero-order valence-corrected chi connectivity index (χ0v) is 9.06. The minimum Gasteiger partial charge on any atom is -0.480 e. The molecule has 0 aromatic carbocycles. The highest BCUT2D eigenvalue weighted by molar-refractivity contribution is 5.73. The van der Waals surface area contributed by atoms with Crippen LogP contribution >= 0.6 is 0 Å². The van der Waals surface area contributed by atoms with Crippen molar-refractivity contribution in [2.45, 2.75) is 32.4 Å². The van der Waals surface area contributed by atoms with Crippen LogP contribution in [0.3, 0.4) is 0 Å². The predicted molar refractivity (Wildman–Crippen MR) is 53.2 cm³/mol. The van der Waals surface area contributed by atoms with Gasteiger partial charge in [-0.3, -0.25) is 9.69 Å². The van der Waals surface area contributed by atoms with Gasteiger partial charge in [0.2, 0.25) is 0 Å². The first-order chi connectivity index (χ1) is 6.56. The average Bonchev–Trinajstić information content (AvgIpc) is 2.40. The normalized spacial score (nSPS) is 30.5. The average molecular weight is 201 g/mol. The summed E-state index contributed by atoms with van der Waals surface area (Å²) in [7, 11) is 1.54. The van der Waals surface area contributed by atoms with Crippen LogP contribution in [0.15, 0.2) is 0 Å². The van der Waals surface area contributed by atoms with Crippen molar-refractivity contribution in [2.75, 3.05) is 20.3 Å². The molecule has 0 aromatic rings. The molecule has 0 aliphatic carbocycles. The summed E-state index contributed by atoms with van der Waals surface area (Å²) >= 11 is 0. The number of carboxylic acids is 1. The minimum atomic E-state index is -0.784. The summed E-state index contributed by atoms with van der Waals surface area (Å²) in [5, 5.41) is 9.05. The number of likely N-dealkylation sites (tertiary alicyclic amines) is 1. The number of hydrogen-bond acceptors (Lipinski definition) is 3. The van der Waals surface area contributed by atoms with Gasteiger partial charge in [-0.05, 0) is 19.3 Å². The molecule has 3 atom stereocenters. The third-order valence-corrected chi connectivity index (χ3v) is 2.84. The topological polar surface area (TPSA) is 49.8 Å². The lowest BCUT2D eigenvalue weighted by molar-refractivity contribution is -0.145. The van der Waals surface area contributed by atoms with E-state index < -0.39 is 12.0 Å². The highest BCUT2D eigenvalue weighted by Gasteiger charge is 2.35. The number of carbonyl (C=O) groups is 1. The van der Waals surface area contributed by atoms with Gasteiger partial charge in [-0.25, -0.2) is 0 Å². The van der Waals surface area contributed by atoms with Crippen LogP contribution in [0.25, 0.3) is 0 Å². The number of nitrogens with zero attached hydrogens (tertiary/aromatic N) is 1. The summed E-state index contributed by atoms with van der Waals surface area (Å²) < 4.78 is 4.94. The largest absolute Gasteiger partial charge is 0.480 e. The lowest BCUT2D eigenvalue weighted by Gasteiger charge is -2.27. The van der Waals surface area contributed by atoms with Crippen molar-refractivity contribution < 1.29 is 14.6 Å². The van der Waals surface area contributed by atoms with Gasteiger partial charge in [0.05, 0.1) is 6.61 Å². The Balaban J connectivity index is 2.63. The van der Waals surface area contributed by atoms with Gasteiger partial charge >= 0.3 is 5.97 Å². The molecule has 1 aliphatic rings. The molecule has 0 aromatic heterocycles. The third kappa shape index (κ3) is 2.45. The fraction of sp³-hybridized carbons (Fsp3) is 0.900. The van der Waals surface area contributed by atoms with Crippen LogP contribution in [-0.2, 0) is 9.53 Å². The molecule has 1 N–H and O–H groups in total. The molecule has 1 saturated heterocycles. The molecule has 1 aliphatic heterocycles. The molecule has 3 unspecified atom stereocenters. The summed E-state index contributed by atoms with van der Waals surface area (Å²) in [6, 6.07) is -0.138. The van der Waals surface area contributed by atoms with Crippen molar-refractivity contribution in [3.8, 4) is 0 Å². The highest BCUT2D eigenvalue weighted by Crippen LogP contribution is 2.24. The van der Waals surface area contributed by atoms with E-state index >= 15 is 0 Å². The second-order valence-corrected chi connectivity index (χ2v) is 4.20. The zero-order chi connectivity index (χ0) is 10.7. The van der Waals surface area contributed by atoms with Crippen LogP contribution in [0.4, 0.5) is 0 Å². The first-order valence-corrected chi connectivity index (χ1v) is 5.03. The highest BCUT2D eigenvalue weighted by atomic mass is 16.5. The van der Waals surface area contributed by atoms with Crippen molar-refractivity contribution in [3.63, 3.8) is 0 Å². The van der Waals surface area contributed by atoms with Crippen molar-refractivity contribution in [1.82, 2.24) is 4.90 Å². The maximum atomic E-state index is 11.0. The van der Waals surface area contributed by atoms with Crippen LogP contribution in [0, 0.1) is 5.92 Å². The molecule has 0 saturated carbocycles. The predicted octanol–water partition coefficient (Wildman–Crippen LogP) is 0.816. The van der Waals surface area contributed by atoms with Crippen molar-refractivity contribution in [1.29, 1.82) is 0 Å². The van der Waals surface area contributed by atoms with Gasteiger partial charge in [0, 0.05) is 19.7 Å². The van der Waals surface area contributed by atoms with Crippen molar-refractivity contribution in [3.05, 3.63) is 0 Å². The van der Waals surface area contributed by atoms with Gasteiger partial charge in [0.15, 0.2) is 0 Å². The summed E-state index contributed by atoms with van der Waals surface area (Å²) in [5.74, 6) is -0.198. The Morgan fingerprint density at radius 3 is 2.64 bits per heavy atom. The summed E-state index contributed by atoms with van der Waals surface area (Å²) in [6.45, 7) is 5.37. The molecule has 0 bridgehead atoms. The molecule has 4 heteroatoms. The lowest BCUT2D eigenvalue weighted by Crippen LogP contribution is -2.46. The third-order valence-electron chi connectivity index (χ3n) is 2.84. The lowest BCUT2D eigenvalue weighted by atomic mass is 10.1. The molecular weight excluding hydrogens is 182 g/mol. The van der Waals surface area contributed by atoms with E-state index in [2.05, 4.69) is 13.8 Å². The Kier molecular flexibility index (Phi) is 3.89. The molecule has 14 heavy (non-hydrogen) atoms. The fourth-order valence-electron chi connectivity index (χ4n) is 2.23.